The quantitative estimate of drug-likeness (QED) is 0.675. The van der Waals surface area contributed by atoms with E-state index in [0.29, 0.717) is 18.7 Å². The second kappa shape index (κ2) is 8.92. The Morgan fingerprint density at radius 1 is 0.923 bits per heavy atom. The van der Waals surface area contributed by atoms with E-state index in [0.717, 1.165) is 16.3 Å². The lowest BCUT2D eigenvalue weighted by molar-refractivity contribution is -0.121. The van der Waals surface area contributed by atoms with Gasteiger partial charge in [-0.3, -0.25) is 9.59 Å². The summed E-state index contributed by atoms with van der Waals surface area (Å²) in [6.45, 7) is 0.681. The van der Waals surface area contributed by atoms with E-state index >= 15 is 0 Å². The zero-order valence-corrected chi connectivity index (χ0v) is 15.0. The van der Waals surface area contributed by atoms with Gasteiger partial charge in [0.25, 0.3) is 5.91 Å². The third-order valence-corrected chi connectivity index (χ3v) is 4.65. The van der Waals surface area contributed by atoms with Crippen molar-refractivity contribution < 1.29 is 9.59 Å². The maximum absolute atomic E-state index is 11.9. The highest BCUT2D eigenvalue weighted by Crippen LogP contribution is 2.23. The van der Waals surface area contributed by atoms with Crippen molar-refractivity contribution in [3.8, 4) is 10.6 Å². The molecular weight excluding hydrogens is 346 g/mol. The van der Waals surface area contributed by atoms with Crippen LogP contribution in [0, 0.1) is 0 Å². The first-order valence-corrected chi connectivity index (χ1v) is 9.20. The summed E-state index contributed by atoms with van der Waals surface area (Å²) in [7, 11) is 0. The SMILES string of the molecule is O=C(CCNC(=O)c1ccccc1)NCc1csc(-c2ccccc2)n1. The van der Waals surface area contributed by atoms with Crippen molar-refractivity contribution in [2.24, 2.45) is 0 Å². The first kappa shape index (κ1) is 17.8. The maximum Gasteiger partial charge on any atom is 0.251 e. The van der Waals surface area contributed by atoms with E-state index in [1.165, 1.54) is 0 Å². The second-order valence-electron chi connectivity index (χ2n) is 5.66. The van der Waals surface area contributed by atoms with Crippen molar-refractivity contribution in [1.29, 1.82) is 0 Å². The number of nitrogens with one attached hydrogen (secondary N) is 2. The molecule has 1 heterocycles. The molecule has 0 saturated heterocycles. The van der Waals surface area contributed by atoms with Crippen LogP contribution in [0.2, 0.25) is 0 Å². The number of nitrogens with zero attached hydrogens (tertiary/aromatic N) is 1. The molecule has 2 amide bonds. The Labute approximate surface area is 156 Å². The summed E-state index contributed by atoms with van der Waals surface area (Å²) in [6.07, 6.45) is 0.230. The van der Waals surface area contributed by atoms with Crippen molar-refractivity contribution in [2.45, 2.75) is 13.0 Å². The van der Waals surface area contributed by atoms with Gasteiger partial charge in [0.2, 0.25) is 5.91 Å². The molecule has 0 aliphatic carbocycles. The highest BCUT2D eigenvalue weighted by Gasteiger charge is 2.08. The van der Waals surface area contributed by atoms with Gasteiger partial charge in [-0.1, -0.05) is 48.5 Å². The van der Waals surface area contributed by atoms with Gasteiger partial charge in [-0.15, -0.1) is 11.3 Å². The van der Waals surface area contributed by atoms with E-state index in [2.05, 4.69) is 15.6 Å². The van der Waals surface area contributed by atoms with Gasteiger partial charge in [0, 0.05) is 29.5 Å². The summed E-state index contributed by atoms with van der Waals surface area (Å²) in [5.74, 6) is -0.293. The van der Waals surface area contributed by atoms with Crippen molar-refractivity contribution >= 4 is 23.2 Å². The fourth-order valence-corrected chi connectivity index (χ4v) is 3.19. The van der Waals surface area contributed by atoms with Crippen LogP contribution in [0.15, 0.2) is 66.0 Å². The molecule has 0 radical (unpaired) electrons. The molecule has 132 valence electrons. The molecule has 0 fully saturated rings. The molecule has 0 aliphatic heterocycles. The van der Waals surface area contributed by atoms with Crippen LogP contribution in [0.3, 0.4) is 0 Å². The topological polar surface area (TPSA) is 71.1 Å². The number of amides is 2. The Morgan fingerprint density at radius 2 is 1.62 bits per heavy atom. The molecule has 26 heavy (non-hydrogen) atoms. The van der Waals surface area contributed by atoms with E-state index in [4.69, 9.17) is 0 Å². The van der Waals surface area contributed by atoms with Gasteiger partial charge >= 0.3 is 0 Å². The molecule has 6 heteroatoms. The number of carbonyl (C=O) groups is 2. The van der Waals surface area contributed by atoms with Crippen LogP contribution in [-0.2, 0) is 11.3 Å². The number of aromatic nitrogens is 1. The number of benzene rings is 2. The smallest absolute Gasteiger partial charge is 0.251 e. The molecule has 3 rings (SSSR count). The lowest BCUT2D eigenvalue weighted by atomic mass is 10.2. The van der Waals surface area contributed by atoms with Gasteiger partial charge in [0.1, 0.15) is 5.01 Å². The van der Waals surface area contributed by atoms with Gasteiger partial charge in [-0.2, -0.15) is 0 Å². The molecule has 3 aromatic rings. The van der Waals surface area contributed by atoms with E-state index in [1.54, 1.807) is 35.6 Å². The fourth-order valence-electron chi connectivity index (χ4n) is 2.36. The van der Waals surface area contributed by atoms with E-state index < -0.39 is 0 Å². The van der Waals surface area contributed by atoms with Crippen molar-refractivity contribution in [3.05, 3.63) is 77.3 Å². The molecule has 0 saturated carbocycles. The Kier molecular flexibility index (Phi) is 6.11. The Bertz CT molecular complexity index is 863. The Balaban J connectivity index is 1.41. The number of rotatable bonds is 7. The van der Waals surface area contributed by atoms with Crippen LogP contribution in [0.25, 0.3) is 10.6 Å². The molecule has 1 aromatic heterocycles. The second-order valence-corrected chi connectivity index (χ2v) is 6.52. The van der Waals surface area contributed by atoms with Gasteiger partial charge in [0.15, 0.2) is 0 Å². The Morgan fingerprint density at radius 3 is 2.35 bits per heavy atom. The highest BCUT2D eigenvalue weighted by atomic mass is 32.1. The third-order valence-electron chi connectivity index (χ3n) is 3.71. The lowest BCUT2D eigenvalue weighted by Gasteiger charge is -2.06. The van der Waals surface area contributed by atoms with Gasteiger partial charge in [-0.05, 0) is 12.1 Å². The summed E-state index contributed by atoms with van der Waals surface area (Å²) in [5, 5.41) is 8.45. The maximum atomic E-state index is 11.9. The normalized spacial score (nSPS) is 10.3. The molecule has 0 aliphatic rings. The van der Waals surface area contributed by atoms with Crippen molar-refractivity contribution in [3.63, 3.8) is 0 Å². The van der Waals surface area contributed by atoms with Gasteiger partial charge < -0.3 is 10.6 Å². The summed E-state index contributed by atoms with van der Waals surface area (Å²) in [5.41, 5.74) is 2.48. The number of hydrogen-bond donors (Lipinski definition) is 2. The summed E-state index contributed by atoms with van der Waals surface area (Å²) in [6, 6.07) is 18.9. The summed E-state index contributed by atoms with van der Waals surface area (Å²) < 4.78 is 0. The molecule has 0 spiro atoms. The average Bonchev–Trinajstić information content (AvgIpc) is 3.17. The standard InChI is InChI=1S/C20H19N3O2S/c24-18(11-12-21-19(25)15-7-3-1-4-8-15)22-13-17-14-26-20(23-17)16-9-5-2-6-10-16/h1-10,14H,11-13H2,(H,21,25)(H,22,24). The monoisotopic (exact) mass is 365 g/mol. The number of hydrogen-bond acceptors (Lipinski definition) is 4. The molecule has 0 bridgehead atoms. The number of thiazole rings is 1. The fraction of sp³-hybridized carbons (Fsp3) is 0.150. The largest absolute Gasteiger partial charge is 0.352 e. The first-order valence-electron chi connectivity index (χ1n) is 8.32. The average molecular weight is 365 g/mol. The van der Waals surface area contributed by atoms with Gasteiger partial charge in [0.05, 0.1) is 12.2 Å². The van der Waals surface area contributed by atoms with Crippen molar-refractivity contribution in [1.82, 2.24) is 15.6 Å². The third kappa shape index (κ3) is 5.00. The highest BCUT2D eigenvalue weighted by molar-refractivity contribution is 7.13. The van der Waals surface area contributed by atoms with Crippen molar-refractivity contribution in [2.75, 3.05) is 6.54 Å². The minimum absolute atomic E-state index is 0.118. The molecule has 2 N–H and O–H groups in total. The van der Waals surface area contributed by atoms with Crippen LogP contribution in [0.4, 0.5) is 0 Å². The predicted molar refractivity (Wildman–Crippen MR) is 103 cm³/mol. The molecule has 0 unspecified atom stereocenters. The zero-order valence-electron chi connectivity index (χ0n) is 14.1. The van der Waals surface area contributed by atoms with Crippen LogP contribution in [0.5, 0.6) is 0 Å². The summed E-state index contributed by atoms with van der Waals surface area (Å²) >= 11 is 1.55. The number of carbonyl (C=O) groups excluding carboxylic acids is 2. The molecule has 0 atom stereocenters. The van der Waals surface area contributed by atoms with Crippen LogP contribution < -0.4 is 10.6 Å². The first-order chi connectivity index (χ1) is 12.7. The van der Waals surface area contributed by atoms with Crippen LogP contribution >= 0.6 is 11.3 Å². The predicted octanol–water partition coefficient (Wildman–Crippen LogP) is 3.25. The van der Waals surface area contributed by atoms with E-state index in [9.17, 15) is 9.59 Å². The summed E-state index contributed by atoms with van der Waals surface area (Å²) in [4.78, 5) is 28.4. The minimum atomic E-state index is -0.176. The van der Waals surface area contributed by atoms with E-state index in [1.807, 2.05) is 41.8 Å². The zero-order chi connectivity index (χ0) is 18.2. The van der Waals surface area contributed by atoms with Crippen LogP contribution in [0.1, 0.15) is 22.5 Å². The molecule has 5 nitrogen and oxygen atoms in total. The van der Waals surface area contributed by atoms with E-state index in [-0.39, 0.29) is 18.2 Å². The lowest BCUT2D eigenvalue weighted by Crippen LogP contribution is -2.30. The van der Waals surface area contributed by atoms with Crippen LogP contribution in [-0.4, -0.2) is 23.3 Å². The minimum Gasteiger partial charge on any atom is -0.352 e. The Hall–Kier alpha value is -2.99. The molecule has 2 aromatic carbocycles. The van der Waals surface area contributed by atoms with Gasteiger partial charge in [-0.25, -0.2) is 4.98 Å². The molecular formula is C20H19N3O2S.